The zero-order chi connectivity index (χ0) is 13.7. The van der Waals surface area contributed by atoms with Crippen LogP contribution in [-0.2, 0) is 16.0 Å². The molecule has 0 saturated heterocycles. The van der Waals surface area contributed by atoms with Crippen LogP contribution in [0.3, 0.4) is 0 Å². The molecule has 0 aliphatic carbocycles. The van der Waals surface area contributed by atoms with Gasteiger partial charge in [0.25, 0.3) is 0 Å². The Morgan fingerprint density at radius 2 is 2.17 bits per heavy atom. The van der Waals surface area contributed by atoms with Gasteiger partial charge in [0.15, 0.2) is 0 Å². The molecule has 18 heavy (non-hydrogen) atoms. The molecule has 1 heterocycles. The number of aromatic nitrogens is 1. The molecular formula is C12H19N3O2S. The van der Waals surface area contributed by atoms with E-state index in [4.69, 9.17) is 0 Å². The first-order valence-corrected chi connectivity index (χ1v) is 6.70. The van der Waals surface area contributed by atoms with Crippen molar-refractivity contribution in [1.82, 2.24) is 15.2 Å². The van der Waals surface area contributed by atoms with Crippen molar-refractivity contribution < 1.29 is 9.59 Å². The number of carbonyl (C=O) groups is 2. The molecule has 0 aliphatic rings. The molecule has 2 amide bonds. The Labute approximate surface area is 111 Å². The largest absolute Gasteiger partial charge is 0.358 e. The van der Waals surface area contributed by atoms with E-state index in [1.54, 1.807) is 25.4 Å². The monoisotopic (exact) mass is 269 g/mol. The van der Waals surface area contributed by atoms with Crippen LogP contribution in [0.15, 0.2) is 5.38 Å². The summed E-state index contributed by atoms with van der Waals surface area (Å²) in [5.41, 5.74) is 0.775. The molecule has 6 heteroatoms. The van der Waals surface area contributed by atoms with Crippen LogP contribution in [0.4, 0.5) is 0 Å². The van der Waals surface area contributed by atoms with Gasteiger partial charge in [-0.2, -0.15) is 0 Å². The lowest BCUT2D eigenvalue weighted by atomic mass is 10.2. The molecule has 1 aromatic rings. The smallest absolute Gasteiger partial charge is 0.239 e. The summed E-state index contributed by atoms with van der Waals surface area (Å²) in [4.78, 5) is 28.8. The van der Waals surface area contributed by atoms with Gasteiger partial charge in [-0.25, -0.2) is 4.98 Å². The molecule has 0 aliphatic heterocycles. The second-order valence-corrected chi connectivity index (χ2v) is 5.32. The van der Waals surface area contributed by atoms with E-state index in [2.05, 4.69) is 24.1 Å². The summed E-state index contributed by atoms with van der Waals surface area (Å²) in [5.74, 6) is 0.105. The van der Waals surface area contributed by atoms with Crippen LogP contribution in [0.5, 0.6) is 0 Å². The summed E-state index contributed by atoms with van der Waals surface area (Å²) < 4.78 is 0. The summed E-state index contributed by atoms with van der Waals surface area (Å²) in [6.07, 6.45) is 0.247. The number of carbonyl (C=O) groups excluding carboxylic acids is 2. The third kappa shape index (κ3) is 4.10. The van der Waals surface area contributed by atoms with Crippen molar-refractivity contribution in [2.45, 2.75) is 26.2 Å². The van der Waals surface area contributed by atoms with Crippen LogP contribution in [0.2, 0.25) is 0 Å². The van der Waals surface area contributed by atoms with E-state index in [0.717, 1.165) is 10.7 Å². The van der Waals surface area contributed by atoms with Gasteiger partial charge in [-0.15, -0.1) is 11.3 Å². The highest BCUT2D eigenvalue weighted by Gasteiger charge is 2.15. The van der Waals surface area contributed by atoms with Gasteiger partial charge >= 0.3 is 0 Å². The number of nitrogens with one attached hydrogen (secondary N) is 1. The predicted molar refractivity (Wildman–Crippen MR) is 71.6 cm³/mol. The van der Waals surface area contributed by atoms with Crippen molar-refractivity contribution in [2.24, 2.45) is 0 Å². The lowest BCUT2D eigenvalue weighted by molar-refractivity contribution is -0.134. The first-order valence-electron chi connectivity index (χ1n) is 5.83. The molecule has 0 atom stereocenters. The maximum absolute atomic E-state index is 11.9. The Morgan fingerprint density at radius 1 is 1.50 bits per heavy atom. The van der Waals surface area contributed by atoms with Gasteiger partial charge in [0.2, 0.25) is 11.8 Å². The molecule has 0 radical (unpaired) electrons. The Kier molecular flexibility index (Phi) is 5.27. The molecule has 0 bridgehead atoms. The van der Waals surface area contributed by atoms with Crippen molar-refractivity contribution >= 4 is 23.2 Å². The topological polar surface area (TPSA) is 62.3 Å². The normalized spacial score (nSPS) is 10.5. The fourth-order valence-electron chi connectivity index (χ4n) is 1.34. The third-order valence-corrected chi connectivity index (χ3v) is 3.68. The minimum atomic E-state index is -0.174. The highest BCUT2D eigenvalue weighted by atomic mass is 32.1. The van der Waals surface area contributed by atoms with Gasteiger partial charge < -0.3 is 10.2 Å². The number of amides is 2. The molecule has 0 fully saturated rings. The van der Waals surface area contributed by atoms with E-state index in [1.807, 2.05) is 5.38 Å². The minimum absolute atomic E-state index is 0.0799. The number of nitrogens with zero attached hydrogens (tertiary/aromatic N) is 2. The molecule has 1 rings (SSSR count). The summed E-state index contributed by atoms with van der Waals surface area (Å²) in [5, 5.41) is 5.43. The number of thiazole rings is 1. The second-order valence-electron chi connectivity index (χ2n) is 4.43. The molecule has 1 N–H and O–H groups in total. The van der Waals surface area contributed by atoms with Crippen molar-refractivity contribution in [3.05, 3.63) is 16.1 Å². The average molecular weight is 269 g/mol. The second kappa shape index (κ2) is 6.49. The predicted octanol–water partition coefficient (Wildman–Crippen LogP) is 1.01. The summed E-state index contributed by atoms with van der Waals surface area (Å²) in [7, 11) is 3.17. The standard InChI is InChI=1S/C12H19N3O2S/c1-8(2)12-14-9(7-18-12)5-11(17)15(4)6-10(16)13-3/h7-8H,5-6H2,1-4H3,(H,13,16). The lowest BCUT2D eigenvalue weighted by Gasteiger charge is -2.15. The van der Waals surface area contributed by atoms with E-state index in [0.29, 0.717) is 5.92 Å². The number of hydrogen-bond acceptors (Lipinski definition) is 4. The fraction of sp³-hybridized carbons (Fsp3) is 0.583. The van der Waals surface area contributed by atoms with E-state index in [1.165, 1.54) is 4.90 Å². The molecule has 100 valence electrons. The highest BCUT2D eigenvalue weighted by molar-refractivity contribution is 7.09. The SMILES string of the molecule is CNC(=O)CN(C)C(=O)Cc1csc(C(C)C)n1. The zero-order valence-electron chi connectivity index (χ0n) is 11.2. The Hall–Kier alpha value is -1.43. The molecule has 0 unspecified atom stereocenters. The lowest BCUT2D eigenvalue weighted by Crippen LogP contribution is -2.37. The van der Waals surface area contributed by atoms with Crippen molar-refractivity contribution in [2.75, 3.05) is 20.6 Å². The first kappa shape index (κ1) is 14.6. The van der Waals surface area contributed by atoms with Crippen LogP contribution >= 0.6 is 11.3 Å². The third-order valence-electron chi connectivity index (χ3n) is 2.48. The zero-order valence-corrected chi connectivity index (χ0v) is 12.0. The van der Waals surface area contributed by atoms with Crippen LogP contribution < -0.4 is 5.32 Å². The van der Waals surface area contributed by atoms with Gasteiger partial charge in [0.05, 0.1) is 23.7 Å². The van der Waals surface area contributed by atoms with Gasteiger partial charge in [-0.1, -0.05) is 13.8 Å². The van der Waals surface area contributed by atoms with Crippen molar-refractivity contribution in [1.29, 1.82) is 0 Å². The number of likely N-dealkylation sites (N-methyl/N-ethyl adjacent to an activating group) is 2. The molecule has 0 saturated carbocycles. The maximum atomic E-state index is 11.9. The molecule has 5 nitrogen and oxygen atoms in total. The summed E-state index contributed by atoms with van der Waals surface area (Å²) in [6.45, 7) is 4.22. The molecule has 0 aromatic carbocycles. The quantitative estimate of drug-likeness (QED) is 0.868. The number of rotatable bonds is 5. The van der Waals surface area contributed by atoms with Crippen LogP contribution in [0.25, 0.3) is 0 Å². The average Bonchev–Trinajstić information content (AvgIpc) is 2.77. The first-order chi connectivity index (χ1) is 8.43. The van der Waals surface area contributed by atoms with Gasteiger partial charge in [0, 0.05) is 25.4 Å². The van der Waals surface area contributed by atoms with Gasteiger partial charge in [0.1, 0.15) is 0 Å². The summed E-state index contributed by atoms with van der Waals surface area (Å²) >= 11 is 1.57. The van der Waals surface area contributed by atoms with Crippen LogP contribution in [-0.4, -0.2) is 42.3 Å². The minimum Gasteiger partial charge on any atom is -0.358 e. The number of hydrogen-bond donors (Lipinski definition) is 1. The van der Waals surface area contributed by atoms with Gasteiger partial charge in [-0.3, -0.25) is 9.59 Å². The van der Waals surface area contributed by atoms with E-state index in [9.17, 15) is 9.59 Å². The van der Waals surface area contributed by atoms with Crippen molar-refractivity contribution in [3.63, 3.8) is 0 Å². The summed E-state index contributed by atoms with van der Waals surface area (Å²) in [6, 6.07) is 0. The van der Waals surface area contributed by atoms with E-state index < -0.39 is 0 Å². The van der Waals surface area contributed by atoms with Gasteiger partial charge in [-0.05, 0) is 0 Å². The Bertz CT molecular complexity index is 429. The van der Waals surface area contributed by atoms with Crippen LogP contribution in [0, 0.1) is 0 Å². The maximum Gasteiger partial charge on any atom is 0.239 e. The van der Waals surface area contributed by atoms with E-state index in [-0.39, 0.29) is 24.8 Å². The fourth-order valence-corrected chi connectivity index (χ4v) is 2.18. The van der Waals surface area contributed by atoms with Crippen LogP contribution in [0.1, 0.15) is 30.5 Å². The van der Waals surface area contributed by atoms with Crippen molar-refractivity contribution in [3.8, 4) is 0 Å². The molecular weight excluding hydrogens is 250 g/mol. The molecule has 1 aromatic heterocycles. The Balaban J connectivity index is 2.55. The molecule has 0 spiro atoms. The van der Waals surface area contributed by atoms with E-state index >= 15 is 0 Å². The Morgan fingerprint density at radius 3 is 2.67 bits per heavy atom. The highest BCUT2D eigenvalue weighted by Crippen LogP contribution is 2.19.